The maximum atomic E-state index is 10.6. The zero-order valence-electron chi connectivity index (χ0n) is 18.9. The minimum Gasteiger partial charge on any atom is -0.507 e. The Morgan fingerprint density at radius 1 is 0.886 bits per heavy atom. The second-order valence-electron chi connectivity index (χ2n) is 8.77. The number of pyridine rings is 1. The van der Waals surface area contributed by atoms with E-state index >= 15 is 0 Å². The molecule has 1 aliphatic rings. The van der Waals surface area contributed by atoms with Crippen LogP contribution in [-0.2, 0) is 41.0 Å². The summed E-state index contributed by atoms with van der Waals surface area (Å²) in [6.45, 7) is 0. The van der Waals surface area contributed by atoms with Gasteiger partial charge in [-0.2, -0.15) is 0 Å². The number of hydrogen-bond donors (Lipinski definition) is 1. The number of aromatic hydroxyl groups is 1. The number of fused-ring (bicyclic) bond motifs is 6. The monoisotopic (exact) mass is 637 g/mol. The van der Waals surface area contributed by atoms with E-state index in [1.807, 2.05) is 60.3 Å². The van der Waals surface area contributed by atoms with Crippen LogP contribution in [0.4, 0.5) is 0 Å². The SMILES string of the molecule is Cn1cc(-c2ccc3c(n2)-c2c(O)cccc2CC3)nc1-c1[c-]ccc2oc3ccccc3c12.[Pt]. The van der Waals surface area contributed by atoms with Crippen molar-refractivity contribution < 1.29 is 30.6 Å². The molecule has 0 fully saturated rings. The van der Waals surface area contributed by atoms with E-state index in [1.54, 1.807) is 6.07 Å². The molecule has 0 aliphatic heterocycles. The van der Waals surface area contributed by atoms with Crippen molar-refractivity contribution in [3.05, 3.63) is 90.1 Å². The number of phenols is 1. The molecule has 5 nitrogen and oxygen atoms in total. The van der Waals surface area contributed by atoms with Crippen LogP contribution < -0.4 is 0 Å². The molecule has 3 heterocycles. The van der Waals surface area contributed by atoms with Gasteiger partial charge in [0.25, 0.3) is 0 Å². The van der Waals surface area contributed by atoms with Gasteiger partial charge in [0.15, 0.2) is 0 Å². The van der Waals surface area contributed by atoms with Crippen LogP contribution >= 0.6 is 0 Å². The van der Waals surface area contributed by atoms with Gasteiger partial charge in [0, 0.05) is 39.9 Å². The molecule has 0 amide bonds. The predicted octanol–water partition coefficient (Wildman–Crippen LogP) is 6.32. The number of furan rings is 1. The van der Waals surface area contributed by atoms with Crippen molar-refractivity contribution in [1.29, 1.82) is 0 Å². The molecular weight excluding hydrogens is 617 g/mol. The number of aromatic nitrogens is 3. The van der Waals surface area contributed by atoms with Crippen LogP contribution in [0, 0.1) is 6.07 Å². The summed E-state index contributed by atoms with van der Waals surface area (Å²) in [6.07, 6.45) is 3.81. The molecule has 3 aromatic heterocycles. The van der Waals surface area contributed by atoms with Gasteiger partial charge >= 0.3 is 0 Å². The molecule has 6 heteroatoms. The smallest absolute Gasteiger partial charge is 0.125 e. The van der Waals surface area contributed by atoms with Gasteiger partial charge < -0.3 is 14.1 Å². The van der Waals surface area contributed by atoms with E-state index in [-0.39, 0.29) is 26.8 Å². The maximum Gasteiger partial charge on any atom is 0.125 e. The van der Waals surface area contributed by atoms with Crippen molar-refractivity contribution in [2.45, 2.75) is 12.8 Å². The van der Waals surface area contributed by atoms with E-state index in [4.69, 9.17) is 14.4 Å². The van der Waals surface area contributed by atoms with E-state index in [2.05, 4.69) is 24.3 Å². The van der Waals surface area contributed by atoms with Gasteiger partial charge in [-0.3, -0.25) is 4.98 Å². The summed E-state index contributed by atoms with van der Waals surface area (Å²) in [5.74, 6) is 1.08. The average molecular weight is 638 g/mol. The largest absolute Gasteiger partial charge is 0.507 e. The zero-order chi connectivity index (χ0) is 22.8. The summed E-state index contributed by atoms with van der Waals surface area (Å²) in [7, 11) is 1.99. The van der Waals surface area contributed by atoms with Crippen molar-refractivity contribution in [2.75, 3.05) is 0 Å². The van der Waals surface area contributed by atoms with E-state index < -0.39 is 0 Å². The normalized spacial score (nSPS) is 12.4. The summed E-state index contributed by atoms with van der Waals surface area (Å²) >= 11 is 0. The number of nitrogens with zero attached hydrogens (tertiary/aromatic N) is 3. The van der Waals surface area contributed by atoms with E-state index in [1.165, 1.54) is 0 Å². The van der Waals surface area contributed by atoms with Crippen LogP contribution in [0.5, 0.6) is 5.75 Å². The van der Waals surface area contributed by atoms with Crippen molar-refractivity contribution in [1.82, 2.24) is 14.5 Å². The molecule has 174 valence electrons. The summed E-state index contributed by atoms with van der Waals surface area (Å²) < 4.78 is 8.07. The number of rotatable bonds is 2. The molecule has 0 atom stereocenters. The van der Waals surface area contributed by atoms with Gasteiger partial charge in [-0.1, -0.05) is 53.4 Å². The summed E-state index contributed by atoms with van der Waals surface area (Å²) in [4.78, 5) is 9.95. The van der Waals surface area contributed by atoms with Gasteiger partial charge in [-0.05, 0) is 47.6 Å². The first-order chi connectivity index (χ1) is 16.7. The Kier molecular flexibility index (Phi) is 5.12. The molecule has 6 aromatic rings. The molecule has 0 unspecified atom stereocenters. The topological polar surface area (TPSA) is 64.1 Å². The fourth-order valence-electron chi connectivity index (χ4n) is 5.10. The Bertz CT molecular complexity index is 1750. The average Bonchev–Trinajstić information content (AvgIpc) is 3.44. The number of hydrogen-bond acceptors (Lipinski definition) is 4. The first kappa shape index (κ1) is 21.8. The third-order valence-electron chi connectivity index (χ3n) is 6.71. The molecule has 3 aromatic carbocycles. The fourth-order valence-corrected chi connectivity index (χ4v) is 5.10. The third-order valence-corrected chi connectivity index (χ3v) is 6.71. The number of phenolic OH excluding ortho intramolecular Hbond substituents is 1. The molecule has 1 aliphatic carbocycles. The third kappa shape index (κ3) is 3.34. The van der Waals surface area contributed by atoms with Gasteiger partial charge in [-0.15, -0.1) is 12.1 Å². The van der Waals surface area contributed by atoms with Gasteiger partial charge in [0.2, 0.25) is 0 Å². The summed E-state index contributed by atoms with van der Waals surface area (Å²) in [5, 5.41) is 12.6. The van der Waals surface area contributed by atoms with Crippen LogP contribution in [0.1, 0.15) is 11.1 Å². The quantitative estimate of drug-likeness (QED) is 0.226. The van der Waals surface area contributed by atoms with Gasteiger partial charge in [0.05, 0.1) is 28.5 Å². The number of aryl methyl sites for hydroxylation is 3. The summed E-state index contributed by atoms with van der Waals surface area (Å²) in [6, 6.07) is 25.1. The van der Waals surface area contributed by atoms with Gasteiger partial charge in [0.1, 0.15) is 11.3 Å². The number of para-hydroxylation sites is 1. The van der Waals surface area contributed by atoms with E-state index in [0.717, 1.165) is 79.9 Å². The fraction of sp³-hybridized carbons (Fsp3) is 0.103. The first-order valence-corrected chi connectivity index (χ1v) is 11.3. The zero-order valence-corrected chi connectivity index (χ0v) is 21.1. The van der Waals surface area contributed by atoms with Crippen LogP contribution in [0.3, 0.4) is 0 Å². The molecule has 0 saturated carbocycles. The molecule has 0 spiro atoms. The molecule has 0 bridgehead atoms. The van der Waals surface area contributed by atoms with E-state index in [0.29, 0.717) is 0 Å². The molecule has 0 radical (unpaired) electrons. The minimum atomic E-state index is 0. The van der Waals surface area contributed by atoms with Crippen LogP contribution in [0.2, 0.25) is 0 Å². The summed E-state index contributed by atoms with van der Waals surface area (Å²) in [5.41, 5.74) is 8.09. The molecule has 7 rings (SSSR count). The standard InChI is InChI=1S/C29H20N3O2.Pt/c1-32-16-22(21-15-14-18-13-12-17-6-4-9-23(33)26(17)28(18)30-21)31-29(32)20-8-5-11-25-27(20)19-7-2-3-10-24(19)34-25;/h2-7,9-11,14-16,33H,12-13H2,1H3;/q-1;. The van der Waals surface area contributed by atoms with Crippen LogP contribution in [0.15, 0.2) is 77.3 Å². The second kappa shape index (κ2) is 8.21. The van der Waals surface area contributed by atoms with Crippen molar-refractivity contribution in [2.24, 2.45) is 7.05 Å². The Labute approximate surface area is 216 Å². The number of benzene rings is 3. The van der Waals surface area contributed by atoms with Crippen molar-refractivity contribution >= 4 is 21.9 Å². The first-order valence-electron chi connectivity index (χ1n) is 11.3. The molecular formula is C29H20N3O2Pt-. The number of imidazole rings is 1. The van der Waals surface area contributed by atoms with E-state index in [9.17, 15) is 5.11 Å². The van der Waals surface area contributed by atoms with Gasteiger partial charge in [-0.25, -0.2) is 4.98 Å². The molecule has 0 saturated heterocycles. The maximum absolute atomic E-state index is 10.6. The molecule has 35 heavy (non-hydrogen) atoms. The van der Waals surface area contributed by atoms with Crippen LogP contribution in [-0.4, -0.2) is 19.6 Å². The van der Waals surface area contributed by atoms with Crippen molar-refractivity contribution in [3.63, 3.8) is 0 Å². The van der Waals surface area contributed by atoms with Crippen molar-refractivity contribution in [3.8, 4) is 39.8 Å². The minimum absolute atomic E-state index is 0. The Morgan fingerprint density at radius 2 is 1.74 bits per heavy atom. The Balaban J connectivity index is 0.00000229. The second-order valence-corrected chi connectivity index (χ2v) is 8.77. The predicted molar refractivity (Wildman–Crippen MR) is 132 cm³/mol. The Hall–Kier alpha value is -3.69. The van der Waals surface area contributed by atoms with Crippen LogP contribution in [0.25, 0.3) is 56.0 Å². The Morgan fingerprint density at radius 3 is 2.66 bits per heavy atom. The molecule has 1 N–H and O–H groups in total.